The summed E-state index contributed by atoms with van der Waals surface area (Å²) in [5.74, 6) is 0.853. The Kier molecular flexibility index (Phi) is 6.78. The molecule has 1 atom stereocenters. The highest BCUT2D eigenvalue weighted by Gasteiger charge is 2.23. The van der Waals surface area contributed by atoms with Crippen LogP contribution >= 0.6 is 0 Å². The molecular weight excluding hydrogens is 324 g/mol. The van der Waals surface area contributed by atoms with Crippen LogP contribution in [0.4, 0.5) is 0 Å². The molecule has 4 nitrogen and oxygen atoms in total. The Labute approximate surface area is 156 Å². The van der Waals surface area contributed by atoms with Gasteiger partial charge in [-0.05, 0) is 69.5 Å². The third kappa shape index (κ3) is 5.15. The lowest BCUT2D eigenvalue weighted by atomic mass is 9.96. The summed E-state index contributed by atoms with van der Waals surface area (Å²) < 4.78 is 5.82. The van der Waals surface area contributed by atoms with Crippen molar-refractivity contribution in [3.63, 3.8) is 0 Å². The van der Waals surface area contributed by atoms with Crippen molar-refractivity contribution in [2.45, 2.75) is 45.1 Å². The number of Topliss-reactive ketones (excluding diaryl/α,β-unsaturated/α-hetero) is 1. The molecule has 2 aromatic rings. The summed E-state index contributed by atoms with van der Waals surface area (Å²) in [4.78, 5) is 18.3. The van der Waals surface area contributed by atoms with Crippen LogP contribution in [-0.4, -0.2) is 35.4 Å². The average Bonchev–Trinajstić information content (AvgIpc) is 2.69. The second-order valence-corrected chi connectivity index (χ2v) is 6.97. The van der Waals surface area contributed by atoms with Crippen molar-refractivity contribution < 1.29 is 9.53 Å². The molecule has 1 aliphatic heterocycles. The number of pyridine rings is 1. The van der Waals surface area contributed by atoms with Crippen LogP contribution in [0.3, 0.4) is 0 Å². The second kappa shape index (κ2) is 9.48. The number of aromatic nitrogens is 1. The minimum Gasteiger partial charge on any atom is -0.494 e. The van der Waals surface area contributed by atoms with E-state index in [-0.39, 0.29) is 5.78 Å². The summed E-state index contributed by atoms with van der Waals surface area (Å²) in [7, 11) is 0. The highest BCUT2D eigenvalue weighted by atomic mass is 16.5. The third-order valence-electron chi connectivity index (χ3n) is 5.03. The number of piperidine rings is 1. The van der Waals surface area contributed by atoms with Gasteiger partial charge in [-0.2, -0.15) is 0 Å². The van der Waals surface area contributed by atoms with E-state index in [9.17, 15) is 4.79 Å². The fourth-order valence-electron chi connectivity index (χ4n) is 3.62. The van der Waals surface area contributed by atoms with Crippen molar-refractivity contribution in [1.29, 1.82) is 0 Å². The van der Waals surface area contributed by atoms with Gasteiger partial charge in [0.05, 0.1) is 6.61 Å². The van der Waals surface area contributed by atoms with Crippen molar-refractivity contribution >= 4 is 5.78 Å². The molecule has 0 N–H and O–H groups in total. The Morgan fingerprint density at radius 3 is 2.96 bits per heavy atom. The summed E-state index contributed by atoms with van der Waals surface area (Å²) in [5, 5.41) is 0. The summed E-state index contributed by atoms with van der Waals surface area (Å²) in [6, 6.07) is 12.2. The summed E-state index contributed by atoms with van der Waals surface area (Å²) in [6.07, 6.45) is 9.78. The first-order valence-electron chi connectivity index (χ1n) is 9.62. The average molecular weight is 352 g/mol. The molecule has 0 aliphatic carbocycles. The monoisotopic (exact) mass is 352 g/mol. The van der Waals surface area contributed by atoms with E-state index in [0.717, 1.165) is 25.1 Å². The molecule has 2 heterocycles. The number of nitrogens with zero attached hydrogens (tertiary/aromatic N) is 2. The maximum atomic E-state index is 11.4. The molecule has 0 radical (unpaired) electrons. The number of likely N-dealkylation sites (tertiary alicyclic amines) is 1. The minimum absolute atomic E-state index is 0.0713. The molecule has 3 rings (SSSR count). The predicted octanol–water partition coefficient (Wildman–Crippen LogP) is 4.67. The van der Waals surface area contributed by atoms with Crippen LogP contribution in [-0.2, 0) is 0 Å². The predicted molar refractivity (Wildman–Crippen MR) is 104 cm³/mol. The molecule has 1 saturated heterocycles. The van der Waals surface area contributed by atoms with Crippen LogP contribution in [0.2, 0.25) is 0 Å². The van der Waals surface area contributed by atoms with Crippen molar-refractivity contribution in [3.8, 4) is 5.75 Å². The Morgan fingerprint density at radius 2 is 2.15 bits per heavy atom. The van der Waals surface area contributed by atoms with E-state index in [2.05, 4.69) is 16.0 Å². The molecule has 26 heavy (non-hydrogen) atoms. The van der Waals surface area contributed by atoms with E-state index in [1.165, 1.54) is 31.4 Å². The Balaban J connectivity index is 1.44. The maximum Gasteiger partial charge on any atom is 0.159 e. The number of benzene rings is 1. The lowest BCUT2D eigenvalue weighted by Crippen LogP contribution is -2.34. The van der Waals surface area contributed by atoms with Gasteiger partial charge in [0.1, 0.15) is 5.75 Å². The molecule has 1 aromatic carbocycles. The van der Waals surface area contributed by atoms with Crippen LogP contribution in [0.1, 0.15) is 61.0 Å². The SMILES string of the molecule is CC(=O)c1cccc(OCCCCN2CCCC[C@@H]2c2cccnc2)c1. The van der Waals surface area contributed by atoms with Crippen LogP contribution in [0.25, 0.3) is 0 Å². The number of unbranched alkanes of at least 4 members (excludes halogenated alkanes) is 1. The summed E-state index contributed by atoms with van der Waals surface area (Å²) >= 11 is 0. The molecule has 4 heteroatoms. The lowest BCUT2D eigenvalue weighted by Gasteiger charge is -2.35. The van der Waals surface area contributed by atoms with E-state index < -0.39 is 0 Å². The van der Waals surface area contributed by atoms with Crippen molar-refractivity contribution in [3.05, 3.63) is 59.9 Å². The number of rotatable bonds is 8. The van der Waals surface area contributed by atoms with Crippen LogP contribution in [0, 0.1) is 0 Å². The van der Waals surface area contributed by atoms with Gasteiger partial charge in [0.15, 0.2) is 5.78 Å². The molecule has 138 valence electrons. The summed E-state index contributed by atoms with van der Waals surface area (Å²) in [5.41, 5.74) is 2.04. The molecule has 0 bridgehead atoms. The van der Waals surface area contributed by atoms with Gasteiger partial charge in [0, 0.05) is 24.0 Å². The first-order chi connectivity index (χ1) is 12.7. The Hall–Kier alpha value is -2.20. The largest absolute Gasteiger partial charge is 0.494 e. The number of ether oxygens (including phenoxy) is 1. The molecule has 0 amide bonds. The molecule has 1 aromatic heterocycles. The highest BCUT2D eigenvalue weighted by Crippen LogP contribution is 2.30. The van der Waals surface area contributed by atoms with Crippen LogP contribution in [0.5, 0.6) is 5.75 Å². The van der Waals surface area contributed by atoms with Gasteiger partial charge in [-0.15, -0.1) is 0 Å². The molecule has 0 unspecified atom stereocenters. The van der Waals surface area contributed by atoms with Gasteiger partial charge >= 0.3 is 0 Å². The molecular formula is C22H28N2O2. The van der Waals surface area contributed by atoms with Gasteiger partial charge < -0.3 is 4.74 Å². The molecule has 0 saturated carbocycles. The van der Waals surface area contributed by atoms with Gasteiger partial charge in [-0.3, -0.25) is 14.7 Å². The van der Waals surface area contributed by atoms with E-state index >= 15 is 0 Å². The number of carbonyl (C=O) groups excluding carboxylic acids is 1. The lowest BCUT2D eigenvalue weighted by molar-refractivity contribution is 0.101. The highest BCUT2D eigenvalue weighted by molar-refractivity contribution is 5.94. The normalized spacial score (nSPS) is 17.8. The smallest absolute Gasteiger partial charge is 0.159 e. The fraction of sp³-hybridized carbons (Fsp3) is 0.455. The number of ketones is 1. The van der Waals surface area contributed by atoms with Gasteiger partial charge in [0.2, 0.25) is 0 Å². The summed E-state index contributed by atoms with van der Waals surface area (Å²) in [6.45, 7) is 4.53. The molecule has 1 fully saturated rings. The topological polar surface area (TPSA) is 42.4 Å². The van der Waals surface area contributed by atoms with E-state index in [1.807, 2.05) is 42.7 Å². The van der Waals surface area contributed by atoms with Gasteiger partial charge in [-0.25, -0.2) is 0 Å². The minimum atomic E-state index is 0.0713. The standard InChI is InChI=1S/C22H28N2O2/c1-18(25)19-8-6-10-21(16-19)26-15-5-4-14-24-13-3-2-11-22(24)20-9-7-12-23-17-20/h6-10,12,16-17,22H,2-5,11,13-15H2,1H3/t22-/m1/s1. The zero-order valence-corrected chi connectivity index (χ0v) is 15.6. The van der Waals surface area contributed by atoms with Gasteiger partial charge in [-0.1, -0.05) is 24.6 Å². The van der Waals surface area contributed by atoms with Crippen molar-refractivity contribution in [2.75, 3.05) is 19.7 Å². The number of carbonyl (C=O) groups is 1. The molecule has 1 aliphatic rings. The van der Waals surface area contributed by atoms with Crippen LogP contribution in [0.15, 0.2) is 48.8 Å². The third-order valence-corrected chi connectivity index (χ3v) is 5.03. The zero-order chi connectivity index (χ0) is 18.2. The fourth-order valence-corrected chi connectivity index (χ4v) is 3.62. The van der Waals surface area contributed by atoms with E-state index in [0.29, 0.717) is 18.2 Å². The zero-order valence-electron chi connectivity index (χ0n) is 15.6. The quantitative estimate of drug-likeness (QED) is 0.511. The van der Waals surface area contributed by atoms with Crippen molar-refractivity contribution in [2.24, 2.45) is 0 Å². The van der Waals surface area contributed by atoms with Gasteiger partial charge in [0.25, 0.3) is 0 Å². The second-order valence-electron chi connectivity index (χ2n) is 6.97. The van der Waals surface area contributed by atoms with Crippen molar-refractivity contribution in [1.82, 2.24) is 9.88 Å². The van der Waals surface area contributed by atoms with Crippen LogP contribution < -0.4 is 4.74 Å². The number of hydrogen-bond acceptors (Lipinski definition) is 4. The van der Waals surface area contributed by atoms with E-state index in [1.54, 1.807) is 6.92 Å². The first kappa shape index (κ1) is 18.6. The number of hydrogen-bond donors (Lipinski definition) is 0. The van der Waals surface area contributed by atoms with E-state index in [4.69, 9.17) is 4.74 Å². The Bertz CT molecular complexity index is 702. The molecule has 0 spiro atoms. The Morgan fingerprint density at radius 1 is 1.23 bits per heavy atom. The maximum absolute atomic E-state index is 11.4. The first-order valence-corrected chi connectivity index (χ1v) is 9.62.